The minimum Gasteiger partial charge on any atom is -0.476 e. The Morgan fingerprint density at radius 1 is 1.28 bits per heavy atom. The molecule has 3 rings (SSSR count). The molecule has 2 heterocycles. The summed E-state index contributed by atoms with van der Waals surface area (Å²) in [7, 11) is 3.28. The Morgan fingerprint density at radius 2 is 2.00 bits per heavy atom. The Bertz CT molecular complexity index is 729. The van der Waals surface area contributed by atoms with Gasteiger partial charge in [-0.2, -0.15) is 0 Å². The predicted octanol–water partition coefficient (Wildman–Crippen LogP) is 1.60. The highest BCUT2D eigenvalue weighted by atomic mass is 16.5. The largest absolute Gasteiger partial charge is 0.476 e. The molecule has 0 radical (unpaired) electrons. The van der Waals surface area contributed by atoms with E-state index in [1.807, 2.05) is 19.9 Å². The molecule has 0 spiro atoms. The SMILES string of the molecule is CNC(=O)C(CC(C)C)NC(=O)c1ccc(N2CC(OC)C2)c(OCC2CC2)n1. The third-order valence-corrected chi connectivity index (χ3v) is 5.32. The number of anilines is 1. The molecule has 160 valence electrons. The molecule has 2 N–H and O–H groups in total. The number of nitrogens with one attached hydrogen (secondary N) is 2. The number of carbonyl (C=O) groups excluding carboxylic acids is 2. The van der Waals surface area contributed by atoms with Gasteiger partial charge in [-0.05, 0) is 43.2 Å². The van der Waals surface area contributed by atoms with Crippen molar-refractivity contribution in [3.63, 3.8) is 0 Å². The fourth-order valence-electron chi connectivity index (χ4n) is 3.28. The number of likely N-dealkylation sites (N-methyl/N-ethyl adjacent to an activating group) is 1. The van der Waals surface area contributed by atoms with Crippen molar-refractivity contribution < 1.29 is 19.1 Å². The number of aromatic nitrogens is 1. The Morgan fingerprint density at radius 3 is 2.59 bits per heavy atom. The summed E-state index contributed by atoms with van der Waals surface area (Å²) in [5.41, 5.74) is 1.13. The van der Waals surface area contributed by atoms with Crippen LogP contribution in [0.15, 0.2) is 12.1 Å². The quantitative estimate of drug-likeness (QED) is 0.615. The molecule has 1 unspecified atom stereocenters. The maximum absolute atomic E-state index is 12.8. The van der Waals surface area contributed by atoms with Crippen molar-refractivity contribution >= 4 is 17.5 Å². The van der Waals surface area contributed by atoms with Crippen molar-refractivity contribution in [1.29, 1.82) is 0 Å². The molecule has 1 saturated heterocycles. The van der Waals surface area contributed by atoms with Gasteiger partial charge in [0, 0.05) is 27.2 Å². The molecule has 0 bridgehead atoms. The van der Waals surface area contributed by atoms with E-state index < -0.39 is 6.04 Å². The monoisotopic (exact) mass is 404 g/mol. The number of rotatable bonds is 10. The molecule has 1 aromatic rings. The molecule has 1 saturated carbocycles. The van der Waals surface area contributed by atoms with Gasteiger partial charge in [-0.1, -0.05) is 13.8 Å². The van der Waals surface area contributed by atoms with Crippen molar-refractivity contribution in [1.82, 2.24) is 15.6 Å². The van der Waals surface area contributed by atoms with Gasteiger partial charge in [-0.3, -0.25) is 9.59 Å². The first-order valence-electron chi connectivity index (χ1n) is 10.3. The van der Waals surface area contributed by atoms with E-state index in [0.29, 0.717) is 24.8 Å². The number of nitrogens with zero attached hydrogens (tertiary/aromatic N) is 2. The minimum absolute atomic E-state index is 0.207. The van der Waals surface area contributed by atoms with Gasteiger partial charge in [0.1, 0.15) is 17.4 Å². The van der Waals surface area contributed by atoms with Gasteiger partial charge >= 0.3 is 0 Å². The van der Waals surface area contributed by atoms with E-state index >= 15 is 0 Å². The lowest BCUT2D eigenvalue weighted by Gasteiger charge is -2.40. The second kappa shape index (κ2) is 9.43. The third-order valence-electron chi connectivity index (χ3n) is 5.32. The molecule has 2 aliphatic rings. The Labute approximate surface area is 172 Å². The third kappa shape index (κ3) is 5.59. The van der Waals surface area contributed by atoms with Gasteiger partial charge in [-0.25, -0.2) is 4.98 Å². The first-order chi connectivity index (χ1) is 13.9. The number of methoxy groups -OCH3 is 1. The van der Waals surface area contributed by atoms with Crippen molar-refractivity contribution in [2.75, 3.05) is 38.8 Å². The van der Waals surface area contributed by atoms with Gasteiger partial charge in [0.05, 0.1) is 12.7 Å². The normalized spacial score (nSPS) is 17.6. The standard InChI is InChI=1S/C21H32N4O4/c1-13(2)9-17(19(26)22-3)23-20(27)16-7-8-18(25-10-15(11-25)28-4)21(24-16)29-12-14-5-6-14/h7-8,13-15,17H,5-6,9-12H2,1-4H3,(H,22,26)(H,23,27). The Balaban J connectivity index is 1.74. The number of carbonyl (C=O) groups is 2. The fourth-order valence-corrected chi connectivity index (χ4v) is 3.28. The molecule has 1 atom stereocenters. The zero-order valence-corrected chi connectivity index (χ0v) is 17.7. The first kappa shape index (κ1) is 21.4. The van der Waals surface area contributed by atoms with Gasteiger partial charge < -0.3 is 25.0 Å². The lowest BCUT2D eigenvalue weighted by Crippen LogP contribution is -2.52. The molecule has 1 aromatic heterocycles. The van der Waals surface area contributed by atoms with Crippen molar-refractivity contribution in [2.45, 2.75) is 45.3 Å². The summed E-state index contributed by atoms with van der Waals surface area (Å²) in [5.74, 6) is 0.736. The topological polar surface area (TPSA) is 92.8 Å². The lowest BCUT2D eigenvalue weighted by molar-refractivity contribution is -0.122. The summed E-state index contributed by atoms with van der Waals surface area (Å²) in [4.78, 5) is 31.5. The van der Waals surface area contributed by atoms with Gasteiger partial charge in [0.15, 0.2) is 0 Å². The van der Waals surface area contributed by atoms with Gasteiger partial charge in [0.25, 0.3) is 5.91 Å². The highest BCUT2D eigenvalue weighted by Gasteiger charge is 2.31. The summed E-state index contributed by atoms with van der Waals surface area (Å²) < 4.78 is 11.3. The maximum atomic E-state index is 12.8. The average Bonchev–Trinajstić information content (AvgIpc) is 3.49. The van der Waals surface area contributed by atoms with Crippen molar-refractivity contribution in [3.8, 4) is 5.88 Å². The summed E-state index contributed by atoms with van der Waals surface area (Å²) in [6, 6.07) is 2.96. The number of hydrogen-bond acceptors (Lipinski definition) is 6. The molecular formula is C21H32N4O4. The van der Waals surface area contributed by atoms with E-state index in [2.05, 4.69) is 20.5 Å². The van der Waals surface area contributed by atoms with Crippen LogP contribution in [0.3, 0.4) is 0 Å². The summed E-state index contributed by atoms with van der Waals surface area (Å²) >= 11 is 0. The molecule has 2 amide bonds. The molecule has 1 aliphatic carbocycles. The van der Waals surface area contributed by atoms with Crippen LogP contribution >= 0.6 is 0 Å². The van der Waals surface area contributed by atoms with Gasteiger partial charge in [-0.15, -0.1) is 0 Å². The van der Waals surface area contributed by atoms with Gasteiger partial charge in [0.2, 0.25) is 11.8 Å². The second-order valence-corrected chi connectivity index (χ2v) is 8.31. The molecule has 2 fully saturated rings. The van der Waals surface area contributed by atoms with Crippen LogP contribution in [0.4, 0.5) is 5.69 Å². The zero-order valence-electron chi connectivity index (χ0n) is 17.7. The zero-order chi connectivity index (χ0) is 21.0. The van der Waals surface area contributed by atoms with Crippen molar-refractivity contribution in [3.05, 3.63) is 17.8 Å². The van der Waals surface area contributed by atoms with E-state index in [9.17, 15) is 9.59 Å². The minimum atomic E-state index is -0.595. The van der Waals surface area contributed by atoms with E-state index in [1.54, 1.807) is 20.2 Å². The molecule has 1 aliphatic heterocycles. The predicted molar refractivity (Wildman–Crippen MR) is 110 cm³/mol. The number of ether oxygens (including phenoxy) is 2. The molecular weight excluding hydrogens is 372 g/mol. The number of pyridine rings is 1. The van der Waals surface area contributed by atoms with E-state index in [1.165, 1.54) is 12.8 Å². The van der Waals surface area contributed by atoms with Crippen LogP contribution in [-0.4, -0.2) is 62.8 Å². The van der Waals surface area contributed by atoms with Crippen LogP contribution in [0.5, 0.6) is 5.88 Å². The number of amides is 2. The van der Waals surface area contributed by atoms with Crippen LogP contribution in [0.25, 0.3) is 0 Å². The Kier molecular flexibility index (Phi) is 6.95. The molecule has 8 heteroatoms. The van der Waals surface area contributed by atoms with Crippen LogP contribution in [0.2, 0.25) is 0 Å². The molecule has 0 aromatic carbocycles. The second-order valence-electron chi connectivity index (χ2n) is 8.31. The van der Waals surface area contributed by atoms with Crippen molar-refractivity contribution in [2.24, 2.45) is 11.8 Å². The van der Waals surface area contributed by atoms with E-state index in [0.717, 1.165) is 18.8 Å². The molecule has 8 nitrogen and oxygen atoms in total. The highest BCUT2D eigenvalue weighted by molar-refractivity contribution is 5.96. The Hall–Kier alpha value is -2.35. The first-order valence-corrected chi connectivity index (χ1v) is 10.3. The van der Waals surface area contributed by atoms with E-state index in [-0.39, 0.29) is 29.5 Å². The fraction of sp³-hybridized carbons (Fsp3) is 0.667. The van der Waals surface area contributed by atoms with Crippen LogP contribution in [0.1, 0.15) is 43.6 Å². The smallest absolute Gasteiger partial charge is 0.270 e. The lowest BCUT2D eigenvalue weighted by atomic mass is 10.0. The maximum Gasteiger partial charge on any atom is 0.270 e. The highest BCUT2D eigenvalue weighted by Crippen LogP contribution is 2.34. The van der Waals surface area contributed by atoms with Crippen LogP contribution in [0, 0.1) is 11.8 Å². The summed E-state index contributed by atoms with van der Waals surface area (Å²) in [6.45, 7) is 6.19. The molecule has 29 heavy (non-hydrogen) atoms. The average molecular weight is 405 g/mol. The summed E-state index contributed by atoms with van der Waals surface area (Å²) in [5, 5.41) is 5.42. The summed E-state index contributed by atoms with van der Waals surface area (Å²) in [6.07, 6.45) is 3.11. The van der Waals surface area contributed by atoms with Crippen LogP contribution < -0.4 is 20.3 Å². The van der Waals surface area contributed by atoms with E-state index in [4.69, 9.17) is 9.47 Å². The van der Waals surface area contributed by atoms with Crippen LogP contribution in [-0.2, 0) is 9.53 Å². The number of hydrogen-bond donors (Lipinski definition) is 2.